The van der Waals surface area contributed by atoms with Crippen molar-refractivity contribution in [2.75, 3.05) is 39.8 Å². The fourth-order valence-electron chi connectivity index (χ4n) is 4.55. The summed E-state index contributed by atoms with van der Waals surface area (Å²) in [6.07, 6.45) is 0.776. The van der Waals surface area contributed by atoms with Crippen LogP contribution in [0, 0.1) is 0 Å². The fourth-order valence-corrected chi connectivity index (χ4v) is 4.55. The molecule has 0 spiro atoms. The Morgan fingerprint density at radius 2 is 1.77 bits per heavy atom. The number of amides is 1. The zero-order valence-electron chi connectivity index (χ0n) is 17.6. The topological polar surface area (TPSA) is 39.7 Å². The molecular weight excluding hydrogens is 372 g/mol. The number of benzene rings is 2. The third-order valence-electron chi connectivity index (χ3n) is 6.38. The van der Waals surface area contributed by atoms with E-state index in [4.69, 9.17) is 4.98 Å². The Bertz CT molecular complexity index is 1070. The number of hydrogen-bond acceptors (Lipinski definition) is 4. The molecule has 0 unspecified atom stereocenters. The summed E-state index contributed by atoms with van der Waals surface area (Å²) in [6.45, 7) is 6.58. The molecule has 1 saturated heterocycles. The van der Waals surface area contributed by atoms with E-state index in [1.165, 1.54) is 5.56 Å². The number of hydrogen-bond donors (Lipinski definition) is 0. The Morgan fingerprint density at radius 3 is 2.63 bits per heavy atom. The monoisotopic (exact) mass is 400 g/mol. The van der Waals surface area contributed by atoms with Gasteiger partial charge in [-0.1, -0.05) is 42.5 Å². The van der Waals surface area contributed by atoms with Crippen molar-refractivity contribution in [3.05, 3.63) is 77.0 Å². The molecule has 0 atom stereocenters. The largest absolute Gasteiger partial charge is 0.334 e. The van der Waals surface area contributed by atoms with Gasteiger partial charge in [-0.25, -0.2) is 0 Å². The van der Waals surface area contributed by atoms with E-state index in [1.807, 2.05) is 23.1 Å². The van der Waals surface area contributed by atoms with Gasteiger partial charge in [0.05, 0.1) is 5.52 Å². The first-order valence-corrected chi connectivity index (χ1v) is 10.8. The summed E-state index contributed by atoms with van der Waals surface area (Å²) < 4.78 is 0. The maximum Gasteiger partial charge on any atom is 0.254 e. The van der Waals surface area contributed by atoms with Crippen LogP contribution in [0.3, 0.4) is 0 Å². The normalized spacial score (nSPS) is 17.6. The average molecular weight is 401 g/mol. The molecule has 3 heterocycles. The number of rotatable bonds is 5. The number of aromatic nitrogens is 1. The van der Waals surface area contributed by atoms with E-state index in [0.29, 0.717) is 13.1 Å². The summed E-state index contributed by atoms with van der Waals surface area (Å²) in [5.74, 6) is 0.176. The quantitative estimate of drug-likeness (QED) is 0.660. The van der Waals surface area contributed by atoms with Gasteiger partial charge in [-0.2, -0.15) is 0 Å². The van der Waals surface area contributed by atoms with Gasteiger partial charge >= 0.3 is 0 Å². The van der Waals surface area contributed by atoms with Gasteiger partial charge in [0.1, 0.15) is 0 Å². The summed E-state index contributed by atoms with van der Waals surface area (Å²) in [5, 5.41) is 1.15. The predicted octanol–water partition coefficient (Wildman–Crippen LogP) is 3.18. The Labute approximate surface area is 177 Å². The predicted molar refractivity (Wildman–Crippen MR) is 119 cm³/mol. The van der Waals surface area contributed by atoms with Crippen LogP contribution in [0.4, 0.5) is 0 Å². The third kappa shape index (κ3) is 3.83. The molecule has 2 aliphatic heterocycles. The van der Waals surface area contributed by atoms with Crippen LogP contribution in [0.15, 0.2) is 54.6 Å². The van der Waals surface area contributed by atoms with Crippen LogP contribution < -0.4 is 0 Å². The van der Waals surface area contributed by atoms with Crippen molar-refractivity contribution in [2.24, 2.45) is 0 Å². The molecule has 5 heteroatoms. The first kappa shape index (κ1) is 19.2. The molecule has 0 saturated carbocycles. The zero-order chi connectivity index (χ0) is 20.5. The van der Waals surface area contributed by atoms with Crippen molar-refractivity contribution in [3.8, 4) is 0 Å². The zero-order valence-corrected chi connectivity index (χ0v) is 17.6. The van der Waals surface area contributed by atoms with Crippen LogP contribution in [0.1, 0.15) is 27.2 Å². The van der Waals surface area contributed by atoms with Crippen molar-refractivity contribution in [2.45, 2.75) is 19.5 Å². The molecular formula is C25H28N4O. The minimum Gasteiger partial charge on any atom is -0.334 e. The molecule has 154 valence electrons. The molecule has 0 N–H and O–H groups in total. The van der Waals surface area contributed by atoms with E-state index in [1.54, 1.807) is 0 Å². The molecule has 2 aliphatic rings. The van der Waals surface area contributed by atoms with Crippen LogP contribution in [0.2, 0.25) is 0 Å². The lowest BCUT2D eigenvalue weighted by Gasteiger charge is -2.32. The molecule has 0 aliphatic carbocycles. The van der Waals surface area contributed by atoms with Crippen molar-refractivity contribution in [1.82, 2.24) is 19.7 Å². The third-order valence-corrected chi connectivity index (χ3v) is 6.38. The first-order chi connectivity index (χ1) is 14.7. The number of pyridine rings is 1. The average Bonchev–Trinajstić information content (AvgIpc) is 3.10. The summed E-state index contributed by atoms with van der Waals surface area (Å²) in [7, 11) is 2.17. The van der Waals surface area contributed by atoms with Gasteiger partial charge in [0.25, 0.3) is 5.91 Å². The minimum atomic E-state index is 0.176. The smallest absolute Gasteiger partial charge is 0.254 e. The van der Waals surface area contributed by atoms with Crippen LogP contribution >= 0.6 is 0 Å². The van der Waals surface area contributed by atoms with E-state index in [2.05, 4.69) is 53.2 Å². The highest BCUT2D eigenvalue weighted by Gasteiger charge is 2.30. The molecule has 1 aromatic heterocycles. The van der Waals surface area contributed by atoms with Gasteiger partial charge in [0, 0.05) is 68.9 Å². The Kier molecular flexibility index (Phi) is 5.23. The van der Waals surface area contributed by atoms with Crippen LogP contribution in [-0.2, 0) is 19.5 Å². The summed E-state index contributed by atoms with van der Waals surface area (Å²) in [6, 6.07) is 18.7. The number of piperazine rings is 1. The van der Waals surface area contributed by atoms with E-state index in [0.717, 1.165) is 66.9 Å². The van der Waals surface area contributed by atoms with Crippen molar-refractivity contribution in [3.63, 3.8) is 0 Å². The SMILES string of the molecule is CN1CCN(Cc2cccc3c2C(=O)N(CCc2ccc4ccccc4n2)C3)CC1. The van der Waals surface area contributed by atoms with E-state index in [-0.39, 0.29) is 5.91 Å². The Morgan fingerprint density at radius 1 is 0.933 bits per heavy atom. The summed E-state index contributed by atoms with van der Waals surface area (Å²) in [5.41, 5.74) is 5.32. The number of nitrogens with zero attached hydrogens (tertiary/aromatic N) is 4. The van der Waals surface area contributed by atoms with Gasteiger partial charge in [0.15, 0.2) is 0 Å². The number of carbonyl (C=O) groups excluding carboxylic acids is 1. The van der Waals surface area contributed by atoms with Gasteiger partial charge in [-0.15, -0.1) is 0 Å². The molecule has 5 nitrogen and oxygen atoms in total. The van der Waals surface area contributed by atoms with Crippen LogP contribution in [-0.4, -0.2) is 65.4 Å². The van der Waals surface area contributed by atoms with Crippen molar-refractivity contribution < 1.29 is 4.79 Å². The lowest BCUT2D eigenvalue weighted by atomic mass is 10.0. The molecule has 0 radical (unpaired) electrons. The second-order valence-electron chi connectivity index (χ2n) is 8.50. The first-order valence-electron chi connectivity index (χ1n) is 10.8. The van der Waals surface area contributed by atoms with Crippen LogP contribution in [0.25, 0.3) is 10.9 Å². The van der Waals surface area contributed by atoms with Gasteiger partial charge in [-0.3, -0.25) is 14.7 Å². The molecule has 5 rings (SSSR count). The van der Waals surface area contributed by atoms with Gasteiger partial charge in [-0.05, 0) is 30.3 Å². The number of fused-ring (bicyclic) bond motifs is 2. The second-order valence-corrected chi connectivity index (χ2v) is 8.50. The second kappa shape index (κ2) is 8.17. The molecule has 30 heavy (non-hydrogen) atoms. The number of para-hydroxylation sites is 1. The molecule has 1 fully saturated rings. The molecule has 1 amide bonds. The Hall–Kier alpha value is -2.76. The van der Waals surface area contributed by atoms with Crippen LogP contribution in [0.5, 0.6) is 0 Å². The standard InChI is InChI=1S/C25H28N4O/c1-27-13-15-28(16-14-27)17-20-6-4-7-21-18-29(25(30)24(20)21)12-11-22-10-9-19-5-2-3-8-23(19)26-22/h2-10H,11-18H2,1H3. The van der Waals surface area contributed by atoms with E-state index < -0.39 is 0 Å². The number of likely N-dealkylation sites (N-methyl/N-ethyl adjacent to an activating group) is 1. The summed E-state index contributed by atoms with van der Waals surface area (Å²) in [4.78, 5) is 24.8. The number of carbonyl (C=O) groups is 1. The Balaban J connectivity index is 1.27. The highest BCUT2D eigenvalue weighted by Crippen LogP contribution is 2.27. The minimum absolute atomic E-state index is 0.176. The molecule has 2 aromatic carbocycles. The maximum atomic E-state index is 13.2. The lowest BCUT2D eigenvalue weighted by Crippen LogP contribution is -2.44. The van der Waals surface area contributed by atoms with Gasteiger partial charge < -0.3 is 9.80 Å². The fraction of sp³-hybridized carbons (Fsp3) is 0.360. The highest BCUT2D eigenvalue weighted by atomic mass is 16.2. The van der Waals surface area contributed by atoms with E-state index >= 15 is 0 Å². The highest BCUT2D eigenvalue weighted by molar-refractivity contribution is 5.99. The molecule has 0 bridgehead atoms. The van der Waals surface area contributed by atoms with E-state index in [9.17, 15) is 4.79 Å². The summed E-state index contributed by atoms with van der Waals surface area (Å²) >= 11 is 0. The maximum absolute atomic E-state index is 13.2. The van der Waals surface area contributed by atoms with Crippen molar-refractivity contribution in [1.29, 1.82) is 0 Å². The van der Waals surface area contributed by atoms with Crippen molar-refractivity contribution >= 4 is 16.8 Å². The molecule has 3 aromatic rings. The van der Waals surface area contributed by atoms with Gasteiger partial charge in [0.2, 0.25) is 0 Å². The lowest BCUT2D eigenvalue weighted by molar-refractivity contribution is 0.0777.